The van der Waals surface area contributed by atoms with Crippen LogP contribution in [-0.4, -0.2) is 61.0 Å². The minimum Gasteiger partial charge on any atom is -0.497 e. The smallest absolute Gasteiger partial charge is 0.327 e. The van der Waals surface area contributed by atoms with Gasteiger partial charge in [-0.1, -0.05) is 41.7 Å². The number of carbonyl (C=O) groups is 1. The van der Waals surface area contributed by atoms with Crippen molar-refractivity contribution >= 4 is 32.7 Å². The molecular weight excluding hydrogens is 568 g/mol. The highest BCUT2D eigenvalue weighted by molar-refractivity contribution is 7.21. The fraction of sp³-hybridized carbons (Fsp3) is 0.379. The molecule has 1 unspecified atom stereocenters. The van der Waals surface area contributed by atoms with Crippen LogP contribution >= 0.6 is 11.3 Å². The van der Waals surface area contributed by atoms with E-state index in [1.807, 2.05) is 35.2 Å². The number of nitrogens with zero attached hydrogens (tertiary/aromatic N) is 4. The molecule has 222 valence electrons. The van der Waals surface area contributed by atoms with E-state index in [0.717, 1.165) is 35.0 Å². The molecule has 1 amide bonds. The summed E-state index contributed by atoms with van der Waals surface area (Å²) >= 11 is 1.02. The number of nitrogens with one attached hydrogen (secondary N) is 1. The number of fused-ring (bicyclic) bond motifs is 1. The molecule has 5 rings (SSSR count). The first-order chi connectivity index (χ1) is 20.2. The molecule has 0 aliphatic carbocycles. The maximum Gasteiger partial charge on any atom is 0.327 e. The zero-order valence-electron chi connectivity index (χ0n) is 23.4. The van der Waals surface area contributed by atoms with Crippen molar-refractivity contribution in [2.75, 3.05) is 39.4 Å². The van der Waals surface area contributed by atoms with Crippen LogP contribution in [0.25, 0.3) is 10.3 Å². The number of amides is 1. The molecule has 2 aromatic heterocycles. The third-order valence-electron chi connectivity index (χ3n) is 7.10. The van der Waals surface area contributed by atoms with E-state index in [4.69, 9.17) is 14.2 Å². The number of hydrogen-bond acceptors (Lipinski definition) is 9. The predicted molar refractivity (Wildman–Crippen MR) is 155 cm³/mol. The van der Waals surface area contributed by atoms with Crippen molar-refractivity contribution in [3.8, 4) is 11.5 Å². The topological polar surface area (TPSA) is 108 Å². The summed E-state index contributed by atoms with van der Waals surface area (Å²) in [6, 6.07) is 14.0. The van der Waals surface area contributed by atoms with Gasteiger partial charge in [-0.2, -0.15) is 8.78 Å². The van der Waals surface area contributed by atoms with Crippen LogP contribution in [0.1, 0.15) is 29.8 Å². The number of hydrogen-bond donors (Lipinski definition) is 1. The summed E-state index contributed by atoms with van der Waals surface area (Å²) in [5, 5.41) is 3.35. The number of rotatable bonds is 11. The molecule has 1 atom stereocenters. The summed E-state index contributed by atoms with van der Waals surface area (Å²) in [4.78, 5) is 37.5. The van der Waals surface area contributed by atoms with Crippen LogP contribution in [0, 0.1) is 0 Å². The Morgan fingerprint density at radius 3 is 2.62 bits per heavy atom. The van der Waals surface area contributed by atoms with Crippen molar-refractivity contribution in [3.63, 3.8) is 0 Å². The summed E-state index contributed by atoms with van der Waals surface area (Å²) < 4.78 is 47.0. The Kier molecular flexibility index (Phi) is 8.69. The van der Waals surface area contributed by atoms with Crippen molar-refractivity contribution in [2.45, 2.75) is 37.9 Å². The van der Waals surface area contributed by atoms with Gasteiger partial charge in [-0.25, -0.2) is 9.97 Å². The second-order valence-corrected chi connectivity index (χ2v) is 10.8. The lowest BCUT2D eigenvalue weighted by molar-refractivity contribution is -0.122. The van der Waals surface area contributed by atoms with E-state index in [1.165, 1.54) is 14.2 Å². The maximum absolute atomic E-state index is 15.4. The molecule has 42 heavy (non-hydrogen) atoms. The predicted octanol–water partition coefficient (Wildman–Crippen LogP) is 3.94. The number of aromatic nitrogens is 3. The highest BCUT2D eigenvalue weighted by atomic mass is 32.1. The SMILES string of the molecule is COCC(F)(F)c1nc2sc(N3CCCC3C(=O)NCc3ccccc3)nc2c(=O)n1Cc1ccc(OC)cc1OC. The van der Waals surface area contributed by atoms with Crippen molar-refractivity contribution in [1.82, 2.24) is 19.9 Å². The van der Waals surface area contributed by atoms with Crippen LogP contribution in [0.3, 0.4) is 0 Å². The molecule has 1 aliphatic heterocycles. The lowest BCUT2D eigenvalue weighted by atomic mass is 10.1. The van der Waals surface area contributed by atoms with E-state index in [9.17, 15) is 9.59 Å². The lowest BCUT2D eigenvalue weighted by Crippen LogP contribution is -2.43. The Morgan fingerprint density at radius 1 is 1.12 bits per heavy atom. The van der Waals surface area contributed by atoms with Gasteiger partial charge in [0.2, 0.25) is 5.91 Å². The monoisotopic (exact) mass is 599 g/mol. The molecule has 4 aromatic rings. The molecule has 0 saturated carbocycles. The van der Waals surface area contributed by atoms with Gasteiger partial charge in [-0.15, -0.1) is 0 Å². The van der Waals surface area contributed by atoms with E-state index >= 15 is 8.78 Å². The largest absolute Gasteiger partial charge is 0.497 e. The Morgan fingerprint density at radius 2 is 1.90 bits per heavy atom. The molecule has 1 aliphatic rings. The minimum absolute atomic E-state index is 0.0465. The van der Waals surface area contributed by atoms with Gasteiger partial charge >= 0.3 is 5.92 Å². The second-order valence-electron chi connectivity index (χ2n) is 9.85. The average Bonchev–Trinajstić information content (AvgIpc) is 3.65. The van der Waals surface area contributed by atoms with Gasteiger partial charge in [0, 0.05) is 31.8 Å². The van der Waals surface area contributed by atoms with Gasteiger partial charge in [0.15, 0.2) is 21.3 Å². The molecule has 1 N–H and O–H groups in total. The molecular formula is C29H31F2N5O5S. The maximum atomic E-state index is 15.4. The summed E-state index contributed by atoms with van der Waals surface area (Å²) in [5.41, 5.74) is 0.671. The molecule has 1 fully saturated rings. The van der Waals surface area contributed by atoms with Crippen LogP contribution in [-0.2, 0) is 28.5 Å². The van der Waals surface area contributed by atoms with E-state index < -0.39 is 30.0 Å². The number of ether oxygens (including phenoxy) is 3. The van der Waals surface area contributed by atoms with E-state index in [2.05, 4.69) is 15.3 Å². The molecule has 13 heteroatoms. The normalized spacial score (nSPS) is 15.3. The number of thiazole rings is 1. The van der Waals surface area contributed by atoms with Gasteiger partial charge in [0.05, 0.1) is 20.8 Å². The minimum atomic E-state index is -3.57. The Bertz CT molecular complexity index is 1630. The third-order valence-corrected chi connectivity index (χ3v) is 8.08. The molecule has 2 aromatic carbocycles. The second kappa shape index (κ2) is 12.4. The van der Waals surface area contributed by atoms with Crippen molar-refractivity contribution in [1.29, 1.82) is 0 Å². The number of carbonyl (C=O) groups excluding carboxylic acids is 1. The highest BCUT2D eigenvalue weighted by Crippen LogP contribution is 2.35. The fourth-order valence-corrected chi connectivity index (χ4v) is 6.02. The van der Waals surface area contributed by atoms with Crippen LogP contribution in [0.4, 0.5) is 13.9 Å². The van der Waals surface area contributed by atoms with Gasteiger partial charge in [0.25, 0.3) is 5.56 Å². The molecule has 0 spiro atoms. The number of anilines is 1. The zero-order chi connectivity index (χ0) is 29.9. The first-order valence-electron chi connectivity index (χ1n) is 13.3. The fourth-order valence-electron chi connectivity index (χ4n) is 5.02. The van der Waals surface area contributed by atoms with Gasteiger partial charge in [0.1, 0.15) is 24.1 Å². The number of methoxy groups -OCH3 is 3. The first-order valence-corrected chi connectivity index (χ1v) is 14.1. The average molecular weight is 600 g/mol. The molecule has 0 bridgehead atoms. The van der Waals surface area contributed by atoms with E-state index in [-0.39, 0.29) is 22.8 Å². The van der Waals surface area contributed by atoms with Crippen molar-refractivity contribution < 1.29 is 27.8 Å². The summed E-state index contributed by atoms with van der Waals surface area (Å²) in [6.45, 7) is -0.299. The van der Waals surface area contributed by atoms with Crippen LogP contribution in [0.2, 0.25) is 0 Å². The van der Waals surface area contributed by atoms with Gasteiger partial charge in [-0.3, -0.25) is 14.2 Å². The molecule has 3 heterocycles. The first kappa shape index (κ1) is 29.4. The molecule has 1 saturated heterocycles. The van der Waals surface area contributed by atoms with Crippen molar-refractivity contribution in [3.05, 3.63) is 75.8 Å². The van der Waals surface area contributed by atoms with E-state index in [0.29, 0.717) is 41.7 Å². The Balaban J connectivity index is 1.51. The summed E-state index contributed by atoms with van der Waals surface area (Å²) in [7, 11) is 4.10. The van der Waals surface area contributed by atoms with Crippen molar-refractivity contribution in [2.24, 2.45) is 0 Å². The van der Waals surface area contributed by atoms with Gasteiger partial charge in [-0.05, 0) is 30.5 Å². The summed E-state index contributed by atoms with van der Waals surface area (Å²) in [6.07, 6.45) is 1.34. The Labute approximate surface area is 244 Å². The van der Waals surface area contributed by atoms with Crippen LogP contribution in [0.15, 0.2) is 53.3 Å². The number of halogens is 2. The Hall–Kier alpha value is -4.10. The quantitative estimate of drug-likeness (QED) is 0.276. The van der Waals surface area contributed by atoms with E-state index in [1.54, 1.807) is 18.2 Å². The van der Waals surface area contributed by atoms with Crippen LogP contribution < -0.4 is 25.2 Å². The highest BCUT2D eigenvalue weighted by Gasteiger charge is 2.39. The number of benzene rings is 2. The lowest BCUT2D eigenvalue weighted by Gasteiger charge is -2.23. The molecule has 10 nitrogen and oxygen atoms in total. The zero-order valence-corrected chi connectivity index (χ0v) is 24.2. The molecule has 0 radical (unpaired) electrons. The van der Waals surface area contributed by atoms with Gasteiger partial charge < -0.3 is 24.4 Å². The standard InChI is InChI=1S/C29H31F2N5O5S/c1-39-17-29(30,31)27-34-25-23(26(38)36(27)16-19-11-12-20(40-2)14-22(19)41-3)33-28(42-25)35-13-7-10-21(35)24(37)32-15-18-8-5-4-6-9-18/h4-6,8-9,11-12,14,21H,7,10,13,15-17H2,1-3H3,(H,32,37). The summed E-state index contributed by atoms with van der Waals surface area (Å²) in [5.74, 6) is -3.60. The van der Waals surface area contributed by atoms with Crippen LogP contribution in [0.5, 0.6) is 11.5 Å². The number of alkyl halides is 2. The third kappa shape index (κ3) is 5.93.